The van der Waals surface area contributed by atoms with E-state index in [1.54, 1.807) is 0 Å². The Morgan fingerprint density at radius 2 is 1.73 bits per heavy atom. The molecule has 0 bridgehead atoms. The zero-order valence-corrected chi connectivity index (χ0v) is 14.6. The summed E-state index contributed by atoms with van der Waals surface area (Å²) in [5.41, 5.74) is 0.510. The van der Waals surface area contributed by atoms with Crippen molar-refractivity contribution in [2.24, 2.45) is 0 Å². The molecular weight excluding hydrogens is 270 g/mol. The zero-order valence-electron chi connectivity index (χ0n) is 14.6. The van der Waals surface area contributed by atoms with Crippen molar-refractivity contribution in [3.63, 3.8) is 0 Å². The predicted molar refractivity (Wildman–Crippen MR) is 96.3 cm³/mol. The van der Waals surface area contributed by atoms with E-state index in [1.165, 1.54) is 71.2 Å². The molecule has 0 atom stereocenters. The lowest BCUT2D eigenvalue weighted by Crippen LogP contribution is -2.70. The molecule has 0 amide bonds. The van der Waals surface area contributed by atoms with Crippen LogP contribution in [0.4, 0.5) is 0 Å². The average Bonchev–Trinajstić information content (AvgIpc) is 2.56. The van der Waals surface area contributed by atoms with Gasteiger partial charge in [0.15, 0.2) is 0 Å². The lowest BCUT2D eigenvalue weighted by atomic mass is 9.85. The van der Waals surface area contributed by atoms with E-state index in [4.69, 9.17) is 0 Å². The van der Waals surface area contributed by atoms with Crippen LogP contribution in [0.15, 0.2) is 24.3 Å². The Labute approximate surface area is 137 Å². The molecule has 1 aliphatic carbocycles. The van der Waals surface area contributed by atoms with Gasteiger partial charge in [-0.1, -0.05) is 38.2 Å². The van der Waals surface area contributed by atoms with Gasteiger partial charge in [0.2, 0.25) is 0 Å². The highest BCUT2D eigenvalue weighted by molar-refractivity contribution is 5.07. The summed E-state index contributed by atoms with van der Waals surface area (Å²) in [5.74, 6) is 0. The highest BCUT2D eigenvalue weighted by Crippen LogP contribution is 2.27. The smallest absolute Gasteiger partial charge is 0.0455 e. The molecule has 2 aliphatic heterocycles. The van der Waals surface area contributed by atoms with Crippen molar-refractivity contribution in [3.8, 4) is 0 Å². The number of allylic oxidation sites excluding steroid dienone is 4. The number of rotatable bonds is 5. The molecule has 2 N–H and O–H groups in total. The van der Waals surface area contributed by atoms with Gasteiger partial charge in [0.05, 0.1) is 0 Å². The van der Waals surface area contributed by atoms with Crippen molar-refractivity contribution >= 4 is 0 Å². The minimum Gasteiger partial charge on any atom is -0.314 e. The van der Waals surface area contributed by atoms with Crippen LogP contribution in [0.5, 0.6) is 0 Å². The normalized spacial score (nSPS) is 24.5. The Morgan fingerprint density at radius 1 is 1.09 bits per heavy atom. The first-order chi connectivity index (χ1) is 10.8. The Kier molecular flexibility index (Phi) is 7.64. The second kappa shape index (κ2) is 9.49. The maximum Gasteiger partial charge on any atom is 0.0455 e. The summed E-state index contributed by atoms with van der Waals surface area (Å²) in [6, 6.07) is 0.776. The van der Waals surface area contributed by atoms with E-state index in [0.717, 1.165) is 6.04 Å². The van der Waals surface area contributed by atoms with Crippen LogP contribution in [0.3, 0.4) is 0 Å². The maximum atomic E-state index is 3.66. The minimum absolute atomic E-state index is 0.510. The van der Waals surface area contributed by atoms with E-state index in [1.807, 2.05) is 0 Å². The van der Waals surface area contributed by atoms with Gasteiger partial charge in [0, 0.05) is 37.8 Å². The van der Waals surface area contributed by atoms with Crippen LogP contribution in [0, 0.1) is 0 Å². The van der Waals surface area contributed by atoms with Gasteiger partial charge in [-0.25, -0.2) is 0 Å². The first kappa shape index (κ1) is 17.7. The van der Waals surface area contributed by atoms with Crippen LogP contribution in [-0.4, -0.2) is 49.2 Å². The summed E-state index contributed by atoms with van der Waals surface area (Å²) in [5, 5.41) is 7.09. The molecular formula is C19H35N3. The molecule has 0 spiro atoms. The van der Waals surface area contributed by atoms with Crippen LogP contribution >= 0.6 is 0 Å². The van der Waals surface area contributed by atoms with Crippen molar-refractivity contribution in [2.45, 2.75) is 64.0 Å². The van der Waals surface area contributed by atoms with Gasteiger partial charge >= 0.3 is 0 Å². The lowest BCUT2D eigenvalue weighted by Gasteiger charge is -2.52. The van der Waals surface area contributed by atoms with Crippen molar-refractivity contribution in [3.05, 3.63) is 24.3 Å². The van der Waals surface area contributed by atoms with E-state index < -0.39 is 0 Å². The maximum absolute atomic E-state index is 3.66. The molecule has 2 heterocycles. The van der Waals surface area contributed by atoms with E-state index in [0.29, 0.717) is 5.54 Å². The molecule has 2 saturated heterocycles. The molecule has 3 nitrogen and oxygen atoms in total. The quantitative estimate of drug-likeness (QED) is 0.817. The van der Waals surface area contributed by atoms with Crippen molar-refractivity contribution in [2.75, 3.05) is 32.7 Å². The second-order valence-corrected chi connectivity index (χ2v) is 6.83. The molecule has 0 aromatic carbocycles. The highest BCUT2D eigenvalue weighted by atomic mass is 15.3. The van der Waals surface area contributed by atoms with Crippen LogP contribution < -0.4 is 10.6 Å². The summed E-state index contributed by atoms with van der Waals surface area (Å²) in [4.78, 5) is 2.73. The standard InChI is InChI=1S/C13H27N3.C6H8/c1-3-7-15-12-5-8-16(9-6-12)13(4-2)10-14-11-13;1-2-4-6-5-3-1/h12,14-15H,3-11H2,1-2H3;1-4H,5-6H2. The number of nitrogens with zero attached hydrogens (tertiary/aromatic N) is 1. The molecule has 0 aromatic rings. The Hall–Kier alpha value is -0.640. The van der Waals surface area contributed by atoms with E-state index in [9.17, 15) is 0 Å². The number of hydrogen-bond acceptors (Lipinski definition) is 3. The van der Waals surface area contributed by atoms with Crippen LogP contribution in [0.2, 0.25) is 0 Å². The predicted octanol–water partition coefficient (Wildman–Crippen LogP) is 3.10. The number of piperidine rings is 1. The molecule has 2 fully saturated rings. The molecule has 0 aromatic heterocycles. The number of nitrogens with one attached hydrogen (secondary N) is 2. The molecule has 0 unspecified atom stereocenters. The van der Waals surface area contributed by atoms with Crippen LogP contribution in [-0.2, 0) is 0 Å². The zero-order chi connectivity index (χ0) is 15.7. The summed E-state index contributed by atoms with van der Waals surface area (Å²) in [6.07, 6.45) is 16.2. The molecule has 22 heavy (non-hydrogen) atoms. The highest BCUT2D eigenvalue weighted by Gasteiger charge is 2.41. The fourth-order valence-corrected chi connectivity index (χ4v) is 3.56. The molecule has 3 aliphatic rings. The summed E-state index contributed by atoms with van der Waals surface area (Å²) >= 11 is 0. The SMILES string of the molecule is C1=CCCC=C1.CCCNC1CCN(C2(CC)CNC2)CC1. The lowest BCUT2D eigenvalue weighted by molar-refractivity contribution is 0.0121. The summed E-state index contributed by atoms with van der Waals surface area (Å²) in [7, 11) is 0. The van der Waals surface area contributed by atoms with E-state index >= 15 is 0 Å². The van der Waals surface area contributed by atoms with Gasteiger partial charge in [-0.2, -0.15) is 0 Å². The van der Waals surface area contributed by atoms with Crippen molar-refractivity contribution < 1.29 is 0 Å². The number of hydrogen-bond donors (Lipinski definition) is 2. The van der Waals surface area contributed by atoms with Gasteiger partial charge in [-0.15, -0.1) is 0 Å². The monoisotopic (exact) mass is 305 g/mol. The minimum atomic E-state index is 0.510. The molecule has 3 heteroatoms. The third-order valence-corrected chi connectivity index (χ3v) is 5.30. The fourth-order valence-electron chi connectivity index (χ4n) is 3.56. The van der Waals surface area contributed by atoms with Gasteiger partial charge < -0.3 is 10.6 Å². The van der Waals surface area contributed by atoms with Gasteiger partial charge in [-0.3, -0.25) is 4.90 Å². The molecule has 0 radical (unpaired) electrons. The third kappa shape index (κ3) is 4.94. The largest absolute Gasteiger partial charge is 0.314 e. The summed E-state index contributed by atoms with van der Waals surface area (Å²) < 4.78 is 0. The van der Waals surface area contributed by atoms with E-state index in [-0.39, 0.29) is 0 Å². The second-order valence-electron chi connectivity index (χ2n) is 6.83. The average molecular weight is 306 g/mol. The first-order valence-electron chi connectivity index (χ1n) is 9.31. The molecule has 3 rings (SSSR count). The summed E-state index contributed by atoms with van der Waals surface area (Å²) in [6.45, 7) is 10.8. The van der Waals surface area contributed by atoms with Crippen molar-refractivity contribution in [1.82, 2.24) is 15.5 Å². The third-order valence-electron chi connectivity index (χ3n) is 5.30. The van der Waals surface area contributed by atoms with Crippen LogP contribution in [0.1, 0.15) is 52.4 Å². The van der Waals surface area contributed by atoms with Gasteiger partial charge in [0.25, 0.3) is 0 Å². The number of likely N-dealkylation sites (tertiary alicyclic amines) is 1. The first-order valence-corrected chi connectivity index (χ1v) is 9.31. The van der Waals surface area contributed by atoms with Gasteiger partial charge in [0.1, 0.15) is 0 Å². The van der Waals surface area contributed by atoms with Gasteiger partial charge in [-0.05, 0) is 45.1 Å². The van der Waals surface area contributed by atoms with Crippen molar-refractivity contribution in [1.29, 1.82) is 0 Å². The fraction of sp³-hybridized carbons (Fsp3) is 0.789. The molecule has 126 valence electrons. The van der Waals surface area contributed by atoms with Crippen LogP contribution in [0.25, 0.3) is 0 Å². The van der Waals surface area contributed by atoms with E-state index in [2.05, 4.69) is 53.7 Å². The Morgan fingerprint density at radius 3 is 2.09 bits per heavy atom. The molecule has 0 saturated carbocycles. The Bertz CT molecular complexity index is 332. The topological polar surface area (TPSA) is 27.3 Å². The Balaban J connectivity index is 0.000000246.